The maximum Gasteiger partial charge on any atom is 0.191 e. The Hall–Kier alpha value is -2.05. The molecule has 1 unspecified atom stereocenters. The molecule has 1 aliphatic heterocycles. The van der Waals surface area contributed by atoms with Crippen LogP contribution in [0.1, 0.15) is 23.7 Å². The van der Waals surface area contributed by atoms with Crippen LogP contribution in [0.5, 0.6) is 11.5 Å². The van der Waals surface area contributed by atoms with Crippen molar-refractivity contribution in [2.24, 2.45) is 12.0 Å². The molecule has 6 nitrogen and oxygen atoms in total. The molecule has 0 saturated carbocycles. The van der Waals surface area contributed by atoms with Crippen molar-refractivity contribution in [2.75, 3.05) is 14.2 Å². The summed E-state index contributed by atoms with van der Waals surface area (Å²) in [4.78, 5) is 4.26. The van der Waals surface area contributed by atoms with Gasteiger partial charge in [0.1, 0.15) is 22.8 Å². The van der Waals surface area contributed by atoms with Gasteiger partial charge in [0, 0.05) is 43.9 Å². The van der Waals surface area contributed by atoms with Crippen LogP contribution in [0.2, 0.25) is 10.2 Å². The third-order valence-electron chi connectivity index (χ3n) is 4.62. The van der Waals surface area contributed by atoms with E-state index in [9.17, 15) is 0 Å². The smallest absolute Gasteiger partial charge is 0.191 e. The molecule has 2 heterocycles. The molecule has 0 amide bonds. The number of benzene rings is 1. The van der Waals surface area contributed by atoms with E-state index in [2.05, 4.69) is 28.6 Å². The molecule has 1 atom stereocenters. The fraction of sp³-hybridized carbons (Fsp3) is 0.421. The Morgan fingerprint density at radius 2 is 2.04 bits per heavy atom. The molecule has 0 spiro atoms. The number of nitrogens with one attached hydrogen (secondary N) is 2. The van der Waals surface area contributed by atoms with Crippen molar-refractivity contribution in [1.82, 2.24) is 15.2 Å². The number of fused-ring (bicyclic) bond motifs is 1. The van der Waals surface area contributed by atoms with E-state index in [-0.39, 0.29) is 6.10 Å². The van der Waals surface area contributed by atoms with E-state index in [0.717, 1.165) is 29.2 Å². The van der Waals surface area contributed by atoms with E-state index >= 15 is 0 Å². The highest BCUT2D eigenvalue weighted by molar-refractivity contribution is 6.41. The molecule has 2 N–H and O–H groups in total. The molecule has 2 aromatic rings. The minimum atomic E-state index is 0.200. The van der Waals surface area contributed by atoms with E-state index in [1.54, 1.807) is 14.2 Å². The van der Waals surface area contributed by atoms with E-state index in [1.165, 1.54) is 5.56 Å². The number of rotatable bonds is 5. The van der Waals surface area contributed by atoms with Crippen LogP contribution in [-0.4, -0.2) is 30.8 Å². The zero-order valence-corrected chi connectivity index (χ0v) is 17.4. The first-order chi connectivity index (χ1) is 12.9. The van der Waals surface area contributed by atoms with Crippen LogP contribution in [0.4, 0.5) is 0 Å². The van der Waals surface area contributed by atoms with Crippen LogP contribution in [0.3, 0.4) is 0 Å². The monoisotopic (exact) mass is 410 g/mol. The van der Waals surface area contributed by atoms with Crippen LogP contribution in [-0.2, 0) is 26.6 Å². The molecule has 1 aromatic carbocycles. The Morgan fingerprint density at radius 3 is 2.67 bits per heavy atom. The number of hydrogen-bond acceptors (Lipinski definition) is 3. The fourth-order valence-corrected chi connectivity index (χ4v) is 3.56. The first kappa shape index (κ1) is 19.7. The number of ether oxygens (including phenoxy) is 2. The Morgan fingerprint density at radius 1 is 1.30 bits per heavy atom. The van der Waals surface area contributed by atoms with E-state index in [1.807, 2.05) is 23.7 Å². The first-order valence-electron chi connectivity index (χ1n) is 8.73. The molecular weight excluding hydrogens is 387 g/mol. The number of hydrogen-bond donors (Lipinski definition) is 2. The third kappa shape index (κ3) is 4.28. The van der Waals surface area contributed by atoms with Gasteiger partial charge in [-0.15, -0.1) is 0 Å². The van der Waals surface area contributed by atoms with E-state index < -0.39 is 0 Å². The summed E-state index contributed by atoms with van der Waals surface area (Å²) in [6.45, 7) is 3.17. The van der Waals surface area contributed by atoms with E-state index in [0.29, 0.717) is 29.2 Å². The highest BCUT2D eigenvalue weighted by atomic mass is 35.5. The average Bonchev–Trinajstić information content (AvgIpc) is 3.14. The SMILES string of the molecule is CN=C(NCc1cc2c(cc1OC)CC(C)O2)NCc1cc(Cl)c(Cl)n1C. The van der Waals surface area contributed by atoms with Gasteiger partial charge in [-0.1, -0.05) is 23.2 Å². The number of aromatic nitrogens is 1. The summed E-state index contributed by atoms with van der Waals surface area (Å²) >= 11 is 12.2. The molecule has 8 heteroatoms. The van der Waals surface area contributed by atoms with Crippen molar-refractivity contribution in [1.29, 1.82) is 0 Å². The lowest BCUT2D eigenvalue weighted by Gasteiger charge is -2.15. The molecule has 27 heavy (non-hydrogen) atoms. The Kier molecular flexibility index (Phi) is 6.07. The summed E-state index contributed by atoms with van der Waals surface area (Å²) in [7, 11) is 5.28. The molecular formula is C19H24Cl2N4O2. The van der Waals surface area contributed by atoms with Gasteiger partial charge in [0.05, 0.1) is 18.7 Å². The summed E-state index contributed by atoms with van der Waals surface area (Å²) in [5.74, 6) is 2.44. The van der Waals surface area contributed by atoms with E-state index in [4.69, 9.17) is 32.7 Å². The number of halogens is 2. The maximum absolute atomic E-state index is 6.11. The van der Waals surface area contributed by atoms with Gasteiger partial charge in [-0.3, -0.25) is 4.99 Å². The molecule has 0 bridgehead atoms. The quantitative estimate of drug-likeness (QED) is 0.584. The van der Waals surface area contributed by atoms with Gasteiger partial charge in [0.15, 0.2) is 5.96 Å². The van der Waals surface area contributed by atoms with Crippen LogP contribution in [0, 0.1) is 0 Å². The second-order valence-electron chi connectivity index (χ2n) is 6.52. The van der Waals surface area contributed by atoms with Crippen molar-refractivity contribution >= 4 is 29.2 Å². The lowest BCUT2D eigenvalue weighted by Crippen LogP contribution is -2.36. The standard InChI is InChI=1S/C19H24Cl2N4O2/c1-11-5-12-6-16(26-4)13(7-17(12)27-11)9-23-19(22-2)24-10-14-8-15(20)18(21)25(14)3/h6-8,11H,5,9-10H2,1-4H3,(H2,22,23,24). The molecule has 0 aliphatic carbocycles. The highest BCUT2D eigenvalue weighted by Gasteiger charge is 2.21. The van der Waals surface area contributed by atoms with Crippen molar-refractivity contribution in [2.45, 2.75) is 32.5 Å². The van der Waals surface area contributed by atoms with Crippen LogP contribution in [0.15, 0.2) is 23.2 Å². The average molecular weight is 411 g/mol. The number of nitrogens with zero attached hydrogens (tertiary/aromatic N) is 2. The third-order valence-corrected chi connectivity index (χ3v) is 5.46. The zero-order valence-electron chi connectivity index (χ0n) is 15.9. The highest BCUT2D eigenvalue weighted by Crippen LogP contribution is 2.34. The predicted octanol–water partition coefficient (Wildman–Crippen LogP) is 3.53. The minimum absolute atomic E-state index is 0.200. The van der Waals surface area contributed by atoms with Crippen molar-refractivity contribution in [3.63, 3.8) is 0 Å². The van der Waals surface area contributed by atoms with Crippen molar-refractivity contribution in [3.8, 4) is 11.5 Å². The largest absolute Gasteiger partial charge is 0.496 e. The first-order valence-corrected chi connectivity index (χ1v) is 9.49. The van der Waals surface area contributed by atoms with Crippen molar-refractivity contribution in [3.05, 3.63) is 45.2 Å². The van der Waals surface area contributed by atoms with Crippen LogP contribution < -0.4 is 20.1 Å². The summed E-state index contributed by atoms with van der Waals surface area (Å²) in [6, 6.07) is 5.93. The van der Waals surface area contributed by atoms with Gasteiger partial charge in [-0.05, 0) is 25.1 Å². The van der Waals surface area contributed by atoms with Gasteiger partial charge in [0.25, 0.3) is 0 Å². The number of guanidine groups is 1. The molecule has 1 aliphatic rings. The number of aliphatic imine (C=N–C) groups is 1. The van der Waals surface area contributed by atoms with Gasteiger partial charge in [0.2, 0.25) is 0 Å². The lowest BCUT2D eigenvalue weighted by molar-refractivity contribution is 0.254. The lowest BCUT2D eigenvalue weighted by atomic mass is 10.1. The summed E-state index contributed by atoms with van der Waals surface area (Å²) in [5, 5.41) is 7.62. The minimum Gasteiger partial charge on any atom is -0.496 e. The van der Waals surface area contributed by atoms with Gasteiger partial charge >= 0.3 is 0 Å². The predicted molar refractivity (Wildman–Crippen MR) is 109 cm³/mol. The molecule has 0 fully saturated rings. The van der Waals surface area contributed by atoms with Crippen LogP contribution in [0.25, 0.3) is 0 Å². The fourth-order valence-electron chi connectivity index (χ4n) is 3.14. The Labute approximate surface area is 169 Å². The second-order valence-corrected chi connectivity index (χ2v) is 7.28. The molecule has 0 radical (unpaired) electrons. The second kappa shape index (κ2) is 8.31. The molecule has 1 aromatic heterocycles. The zero-order chi connectivity index (χ0) is 19.6. The topological polar surface area (TPSA) is 59.8 Å². The van der Waals surface area contributed by atoms with Gasteiger partial charge < -0.3 is 24.7 Å². The summed E-state index contributed by atoms with van der Waals surface area (Å²) < 4.78 is 13.2. The molecule has 3 rings (SSSR count). The molecule has 0 saturated heterocycles. The summed E-state index contributed by atoms with van der Waals surface area (Å²) in [6.07, 6.45) is 1.11. The Balaban J connectivity index is 1.64. The maximum atomic E-state index is 6.11. The van der Waals surface area contributed by atoms with Gasteiger partial charge in [-0.25, -0.2) is 0 Å². The molecule has 146 valence electrons. The summed E-state index contributed by atoms with van der Waals surface area (Å²) in [5.41, 5.74) is 3.16. The van der Waals surface area contributed by atoms with Crippen LogP contribution >= 0.6 is 23.2 Å². The van der Waals surface area contributed by atoms with Crippen molar-refractivity contribution < 1.29 is 9.47 Å². The number of methoxy groups -OCH3 is 1. The Bertz CT molecular complexity index is 864. The van der Waals surface area contributed by atoms with Gasteiger partial charge in [-0.2, -0.15) is 0 Å². The normalized spacial score (nSPS) is 16.1.